The van der Waals surface area contributed by atoms with Gasteiger partial charge >= 0.3 is 6.03 Å². The van der Waals surface area contributed by atoms with Gasteiger partial charge in [-0.1, -0.05) is 12.1 Å². The van der Waals surface area contributed by atoms with Crippen LogP contribution in [0.15, 0.2) is 24.3 Å². The lowest BCUT2D eigenvalue weighted by Crippen LogP contribution is -2.57. The van der Waals surface area contributed by atoms with E-state index < -0.39 is 0 Å². The Morgan fingerprint density at radius 3 is 2.79 bits per heavy atom. The van der Waals surface area contributed by atoms with E-state index in [1.807, 2.05) is 25.1 Å². The number of piperidine rings is 1. The first-order valence-electron chi connectivity index (χ1n) is 9.38. The minimum Gasteiger partial charge on any atom is -0.495 e. The number of nitrogens with one attached hydrogen (secondary N) is 2. The number of fused-ring (bicyclic) bond motifs is 1. The van der Waals surface area contributed by atoms with Crippen molar-refractivity contribution in [1.29, 1.82) is 0 Å². The molecule has 1 aromatic heterocycles. The van der Waals surface area contributed by atoms with E-state index in [-0.39, 0.29) is 24.0 Å². The fraction of sp³-hybridized carbons (Fsp3) is 0.474. The van der Waals surface area contributed by atoms with Crippen LogP contribution in [-0.2, 0) is 17.8 Å². The van der Waals surface area contributed by atoms with Gasteiger partial charge in [-0.2, -0.15) is 5.10 Å². The number of methoxy groups -OCH3 is 1. The van der Waals surface area contributed by atoms with Gasteiger partial charge in [0.15, 0.2) is 0 Å². The maximum Gasteiger partial charge on any atom is 0.321 e. The van der Waals surface area contributed by atoms with Gasteiger partial charge in [0.1, 0.15) is 23.9 Å². The van der Waals surface area contributed by atoms with E-state index in [0.29, 0.717) is 49.6 Å². The van der Waals surface area contributed by atoms with Gasteiger partial charge in [0.2, 0.25) is 5.91 Å². The van der Waals surface area contributed by atoms with Crippen LogP contribution in [0.2, 0.25) is 0 Å². The monoisotopic (exact) mass is 384 g/mol. The van der Waals surface area contributed by atoms with E-state index in [2.05, 4.69) is 20.7 Å². The predicted octanol–water partition coefficient (Wildman–Crippen LogP) is 1.33. The quantitative estimate of drug-likeness (QED) is 0.814. The summed E-state index contributed by atoms with van der Waals surface area (Å²) in [5, 5.41) is 10.4. The van der Waals surface area contributed by atoms with Crippen LogP contribution in [-0.4, -0.2) is 57.3 Å². The molecule has 9 heteroatoms. The van der Waals surface area contributed by atoms with E-state index in [9.17, 15) is 9.59 Å². The fourth-order valence-corrected chi connectivity index (χ4v) is 3.96. The van der Waals surface area contributed by atoms with Crippen LogP contribution in [0, 0.1) is 6.92 Å². The molecule has 0 radical (unpaired) electrons. The third-order valence-electron chi connectivity index (χ3n) is 5.41. The summed E-state index contributed by atoms with van der Waals surface area (Å²) in [6.07, 6.45) is 1.97. The summed E-state index contributed by atoms with van der Waals surface area (Å²) in [4.78, 5) is 31.3. The highest BCUT2D eigenvalue weighted by atomic mass is 16.5. The zero-order chi connectivity index (χ0) is 19.7. The molecule has 1 aromatic carbocycles. The number of aryl methyl sites for hydroxylation is 1. The SMILES string of the molecule is COc1ccccc1NC(=O)N1CCC2(CC1)Cc1nc(C)nn1CC(=O)N2. The van der Waals surface area contributed by atoms with Crippen LogP contribution in [0.1, 0.15) is 24.5 Å². The number of para-hydroxylation sites is 2. The molecule has 0 aliphatic carbocycles. The lowest BCUT2D eigenvalue weighted by Gasteiger charge is -2.41. The molecule has 9 nitrogen and oxygen atoms in total. The molecule has 1 fully saturated rings. The summed E-state index contributed by atoms with van der Waals surface area (Å²) in [5.74, 6) is 2.06. The molecular formula is C19H24N6O3. The standard InChI is InChI=1S/C19H24N6O3/c1-13-20-16-11-19(22-17(26)12-25(16)23-13)7-9-24(10-8-19)18(27)21-14-5-3-4-6-15(14)28-2/h3-6H,7-12H2,1-2H3,(H,21,27)(H,22,26). The first kappa shape index (κ1) is 18.3. The summed E-state index contributed by atoms with van der Waals surface area (Å²) < 4.78 is 6.97. The van der Waals surface area contributed by atoms with Gasteiger partial charge in [-0.25, -0.2) is 14.5 Å². The zero-order valence-electron chi connectivity index (χ0n) is 16.1. The smallest absolute Gasteiger partial charge is 0.321 e. The first-order chi connectivity index (χ1) is 13.5. The number of amides is 3. The molecule has 2 N–H and O–H groups in total. The Bertz CT molecular complexity index is 901. The summed E-state index contributed by atoms with van der Waals surface area (Å²) in [6, 6.07) is 7.15. The minimum absolute atomic E-state index is 0.0597. The number of anilines is 1. The van der Waals surface area contributed by atoms with Crippen LogP contribution >= 0.6 is 0 Å². The molecule has 1 spiro atoms. The maximum atomic E-state index is 12.7. The molecule has 0 saturated carbocycles. The number of carbonyl (C=O) groups is 2. The lowest BCUT2D eigenvalue weighted by atomic mass is 9.84. The summed E-state index contributed by atoms with van der Waals surface area (Å²) in [5.41, 5.74) is 0.257. The molecule has 4 rings (SSSR count). The van der Waals surface area contributed by atoms with Crippen LogP contribution < -0.4 is 15.4 Å². The Hall–Kier alpha value is -3.10. The van der Waals surface area contributed by atoms with Crippen molar-refractivity contribution in [3.8, 4) is 5.75 Å². The second-order valence-corrected chi connectivity index (χ2v) is 7.36. The van der Waals surface area contributed by atoms with Crippen molar-refractivity contribution in [2.75, 3.05) is 25.5 Å². The van der Waals surface area contributed by atoms with E-state index in [4.69, 9.17) is 4.74 Å². The predicted molar refractivity (Wildman–Crippen MR) is 102 cm³/mol. The molecule has 2 aliphatic rings. The summed E-state index contributed by atoms with van der Waals surface area (Å²) in [7, 11) is 1.57. The number of hydrogen-bond donors (Lipinski definition) is 2. The second kappa shape index (κ2) is 7.14. The van der Waals surface area contributed by atoms with Gasteiger partial charge in [-0.3, -0.25) is 4.79 Å². The molecule has 3 amide bonds. The zero-order valence-corrected chi connectivity index (χ0v) is 16.1. The molecule has 0 unspecified atom stereocenters. The molecular weight excluding hydrogens is 360 g/mol. The van der Waals surface area contributed by atoms with Gasteiger partial charge in [0, 0.05) is 19.5 Å². The maximum absolute atomic E-state index is 12.7. The number of likely N-dealkylation sites (tertiary alicyclic amines) is 1. The second-order valence-electron chi connectivity index (χ2n) is 7.36. The molecule has 148 valence electrons. The van der Waals surface area contributed by atoms with Gasteiger partial charge < -0.3 is 20.3 Å². The minimum atomic E-state index is -0.383. The highest BCUT2D eigenvalue weighted by molar-refractivity contribution is 5.91. The number of hydrogen-bond acceptors (Lipinski definition) is 5. The molecule has 2 aromatic rings. The van der Waals surface area contributed by atoms with Crippen molar-refractivity contribution in [2.24, 2.45) is 0 Å². The number of carbonyl (C=O) groups excluding carboxylic acids is 2. The average Bonchev–Trinajstić information content (AvgIpc) is 2.94. The Balaban J connectivity index is 1.44. The fourth-order valence-electron chi connectivity index (χ4n) is 3.96. The number of benzene rings is 1. The van der Waals surface area contributed by atoms with Crippen molar-refractivity contribution in [3.63, 3.8) is 0 Å². The van der Waals surface area contributed by atoms with Crippen LogP contribution in [0.3, 0.4) is 0 Å². The van der Waals surface area contributed by atoms with Crippen molar-refractivity contribution in [1.82, 2.24) is 25.0 Å². The third-order valence-corrected chi connectivity index (χ3v) is 5.41. The van der Waals surface area contributed by atoms with Gasteiger partial charge in [-0.05, 0) is 31.9 Å². The highest BCUT2D eigenvalue weighted by Crippen LogP contribution is 2.29. The number of ether oxygens (including phenoxy) is 1. The first-order valence-corrected chi connectivity index (χ1v) is 9.38. The van der Waals surface area contributed by atoms with E-state index in [1.165, 1.54) is 0 Å². The molecule has 0 atom stereocenters. The molecule has 1 saturated heterocycles. The summed E-state index contributed by atoms with van der Waals surface area (Å²) >= 11 is 0. The number of rotatable bonds is 2. The van der Waals surface area contributed by atoms with E-state index >= 15 is 0 Å². The van der Waals surface area contributed by atoms with Gasteiger partial charge in [0.25, 0.3) is 0 Å². The van der Waals surface area contributed by atoms with Crippen molar-refractivity contribution in [2.45, 2.75) is 38.3 Å². The summed E-state index contributed by atoms with van der Waals surface area (Å²) in [6.45, 7) is 3.12. The Labute approximate surface area is 163 Å². The number of nitrogens with zero attached hydrogens (tertiary/aromatic N) is 4. The largest absolute Gasteiger partial charge is 0.495 e. The average molecular weight is 384 g/mol. The van der Waals surface area contributed by atoms with Crippen molar-refractivity contribution >= 4 is 17.6 Å². The Morgan fingerprint density at radius 2 is 2.04 bits per heavy atom. The highest BCUT2D eigenvalue weighted by Gasteiger charge is 2.40. The van der Waals surface area contributed by atoms with Crippen LogP contribution in [0.25, 0.3) is 0 Å². The third kappa shape index (κ3) is 3.51. The molecule has 3 heterocycles. The molecule has 28 heavy (non-hydrogen) atoms. The Morgan fingerprint density at radius 1 is 1.29 bits per heavy atom. The van der Waals surface area contributed by atoms with E-state index in [0.717, 1.165) is 5.82 Å². The van der Waals surface area contributed by atoms with Gasteiger partial charge in [-0.15, -0.1) is 0 Å². The lowest BCUT2D eigenvalue weighted by molar-refractivity contribution is -0.123. The van der Waals surface area contributed by atoms with Crippen LogP contribution in [0.5, 0.6) is 5.75 Å². The van der Waals surface area contributed by atoms with Crippen LogP contribution in [0.4, 0.5) is 10.5 Å². The normalized spacial score (nSPS) is 18.2. The number of aromatic nitrogens is 3. The molecule has 2 aliphatic heterocycles. The topological polar surface area (TPSA) is 101 Å². The van der Waals surface area contributed by atoms with E-state index in [1.54, 1.807) is 22.8 Å². The Kier molecular flexibility index (Phi) is 4.66. The number of urea groups is 1. The van der Waals surface area contributed by atoms with Gasteiger partial charge in [0.05, 0.1) is 18.3 Å². The molecule has 0 bridgehead atoms. The van der Waals surface area contributed by atoms with Crippen molar-refractivity contribution < 1.29 is 14.3 Å². The van der Waals surface area contributed by atoms with Crippen molar-refractivity contribution in [3.05, 3.63) is 35.9 Å².